The zero-order chi connectivity index (χ0) is 16.2. The highest BCUT2D eigenvalue weighted by atomic mass is 35.5. The number of hydrogen-bond acceptors (Lipinski definition) is 4. The zero-order valence-electron chi connectivity index (χ0n) is 11.8. The van der Waals surface area contributed by atoms with Crippen molar-refractivity contribution in [2.24, 2.45) is 0 Å². The Bertz CT molecular complexity index is 851. The van der Waals surface area contributed by atoms with E-state index < -0.39 is 11.7 Å². The summed E-state index contributed by atoms with van der Waals surface area (Å²) in [5.74, 6) is -0.537. The smallest absolute Gasteiger partial charge is 0.259 e. The van der Waals surface area contributed by atoms with E-state index in [4.69, 9.17) is 16.1 Å². The molecule has 0 aliphatic rings. The van der Waals surface area contributed by atoms with Crippen molar-refractivity contribution in [1.82, 2.24) is 10.1 Å². The topological polar surface area (TPSA) is 68.0 Å². The third-order valence-corrected chi connectivity index (χ3v) is 3.37. The van der Waals surface area contributed by atoms with Crippen molar-refractivity contribution in [2.75, 3.05) is 5.32 Å². The number of carbonyl (C=O) groups excluding carboxylic acids is 1. The molecule has 2 aromatic carbocycles. The number of rotatable bonds is 4. The average Bonchev–Trinajstić information content (AvgIpc) is 2.98. The molecule has 1 aromatic heterocycles. The Kier molecular flexibility index (Phi) is 4.34. The first-order valence-electron chi connectivity index (χ1n) is 6.75. The maximum atomic E-state index is 13.5. The highest BCUT2D eigenvalue weighted by Crippen LogP contribution is 2.25. The molecule has 7 heteroatoms. The molecule has 23 heavy (non-hydrogen) atoms. The first-order chi connectivity index (χ1) is 11.1. The van der Waals surface area contributed by atoms with Gasteiger partial charge in [0.25, 0.3) is 5.89 Å². The fraction of sp³-hybridized carbons (Fsp3) is 0.0625. The number of anilines is 1. The van der Waals surface area contributed by atoms with Crippen molar-refractivity contribution in [3.63, 3.8) is 0 Å². The van der Waals surface area contributed by atoms with Crippen LogP contribution in [0.25, 0.3) is 11.5 Å². The normalized spacial score (nSPS) is 10.5. The lowest BCUT2D eigenvalue weighted by molar-refractivity contribution is -0.115. The van der Waals surface area contributed by atoms with Crippen LogP contribution in [0.4, 0.5) is 10.1 Å². The van der Waals surface area contributed by atoms with Gasteiger partial charge in [0.2, 0.25) is 5.91 Å². The lowest BCUT2D eigenvalue weighted by atomic mass is 10.2. The Morgan fingerprint density at radius 2 is 1.91 bits per heavy atom. The fourth-order valence-electron chi connectivity index (χ4n) is 1.97. The molecular formula is C16H11ClFN3O2. The van der Waals surface area contributed by atoms with Gasteiger partial charge in [0.1, 0.15) is 5.82 Å². The summed E-state index contributed by atoms with van der Waals surface area (Å²) in [4.78, 5) is 16.0. The minimum absolute atomic E-state index is 0.104. The summed E-state index contributed by atoms with van der Waals surface area (Å²) in [6.07, 6.45) is -0.137. The first kappa shape index (κ1) is 15.2. The predicted octanol–water partition coefficient (Wildman–Crippen LogP) is 3.71. The Labute approximate surface area is 136 Å². The molecule has 0 atom stereocenters. The third kappa shape index (κ3) is 3.54. The zero-order valence-corrected chi connectivity index (χ0v) is 12.5. The maximum absolute atomic E-state index is 13.5. The summed E-state index contributed by atoms with van der Waals surface area (Å²) < 4.78 is 18.6. The Hall–Kier alpha value is -2.73. The average molecular weight is 332 g/mol. The number of carbonyl (C=O) groups is 1. The number of halogens is 2. The molecule has 1 heterocycles. The minimum atomic E-state index is -0.509. The van der Waals surface area contributed by atoms with Gasteiger partial charge in [0, 0.05) is 0 Å². The molecule has 0 unspecified atom stereocenters. The van der Waals surface area contributed by atoms with Crippen LogP contribution in [-0.4, -0.2) is 16.0 Å². The Morgan fingerprint density at radius 1 is 1.17 bits per heavy atom. The van der Waals surface area contributed by atoms with Crippen LogP contribution in [0.5, 0.6) is 0 Å². The van der Waals surface area contributed by atoms with Gasteiger partial charge in [-0.3, -0.25) is 4.79 Å². The lowest BCUT2D eigenvalue weighted by Crippen LogP contribution is -2.16. The molecule has 0 saturated heterocycles. The molecule has 0 aliphatic carbocycles. The molecule has 1 amide bonds. The number of amides is 1. The van der Waals surface area contributed by atoms with Gasteiger partial charge in [0.05, 0.1) is 22.7 Å². The molecule has 0 aliphatic heterocycles. The predicted molar refractivity (Wildman–Crippen MR) is 83.5 cm³/mol. The number of hydrogen-bond donors (Lipinski definition) is 1. The molecule has 0 radical (unpaired) electrons. The van der Waals surface area contributed by atoms with Crippen LogP contribution in [0.3, 0.4) is 0 Å². The molecule has 0 spiro atoms. The number of aromatic nitrogens is 2. The van der Waals surface area contributed by atoms with E-state index in [0.717, 1.165) is 0 Å². The molecule has 5 nitrogen and oxygen atoms in total. The highest BCUT2D eigenvalue weighted by Gasteiger charge is 2.15. The van der Waals surface area contributed by atoms with Crippen LogP contribution in [0, 0.1) is 5.82 Å². The van der Waals surface area contributed by atoms with E-state index in [1.807, 2.05) is 0 Å². The van der Waals surface area contributed by atoms with Gasteiger partial charge in [-0.1, -0.05) is 41.0 Å². The van der Waals surface area contributed by atoms with E-state index in [9.17, 15) is 9.18 Å². The largest absolute Gasteiger partial charge is 0.334 e. The second-order valence-electron chi connectivity index (χ2n) is 4.70. The van der Waals surface area contributed by atoms with E-state index in [1.54, 1.807) is 36.4 Å². The molecule has 3 rings (SSSR count). The van der Waals surface area contributed by atoms with Crippen LogP contribution in [0.15, 0.2) is 53.1 Å². The maximum Gasteiger partial charge on any atom is 0.259 e. The van der Waals surface area contributed by atoms with E-state index in [-0.39, 0.29) is 23.8 Å². The van der Waals surface area contributed by atoms with Crippen molar-refractivity contribution < 1.29 is 13.7 Å². The van der Waals surface area contributed by atoms with Gasteiger partial charge in [0.15, 0.2) is 5.82 Å². The summed E-state index contributed by atoms with van der Waals surface area (Å²) in [5, 5.41) is 6.67. The standard InChI is InChI=1S/C16H11ClFN3O2/c17-11-6-2-1-5-10(11)16-20-14(21-23-16)9-15(22)19-13-8-4-3-7-12(13)18/h1-8H,9H2,(H,19,22). The van der Waals surface area contributed by atoms with Gasteiger partial charge in [-0.05, 0) is 24.3 Å². The minimum Gasteiger partial charge on any atom is -0.334 e. The van der Waals surface area contributed by atoms with Crippen LogP contribution < -0.4 is 5.32 Å². The second-order valence-corrected chi connectivity index (χ2v) is 5.11. The van der Waals surface area contributed by atoms with Crippen LogP contribution in [0.2, 0.25) is 5.02 Å². The Morgan fingerprint density at radius 3 is 2.70 bits per heavy atom. The first-order valence-corrected chi connectivity index (χ1v) is 7.13. The summed E-state index contributed by atoms with van der Waals surface area (Å²) >= 11 is 6.05. The number of nitrogens with one attached hydrogen (secondary N) is 1. The summed E-state index contributed by atoms with van der Waals surface area (Å²) in [5.41, 5.74) is 0.690. The third-order valence-electron chi connectivity index (χ3n) is 3.04. The van der Waals surface area contributed by atoms with Crippen molar-refractivity contribution in [3.05, 3.63) is 65.2 Å². The molecule has 0 bridgehead atoms. The number of nitrogens with zero attached hydrogens (tertiary/aromatic N) is 2. The quantitative estimate of drug-likeness (QED) is 0.791. The van der Waals surface area contributed by atoms with Crippen molar-refractivity contribution in [2.45, 2.75) is 6.42 Å². The molecule has 0 fully saturated rings. The fourth-order valence-corrected chi connectivity index (χ4v) is 2.19. The number of para-hydroxylation sites is 1. The number of benzene rings is 2. The summed E-state index contributed by atoms with van der Waals surface area (Å²) in [6.45, 7) is 0. The van der Waals surface area contributed by atoms with Gasteiger partial charge in [-0.25, -0.2) is 4.39 Å². The summed E-state index contributed by atoms with van der Waals surface area (Å²) in [6, 6.07) is 12.9. The lowest BCUT2D eigenvalue weighted by Gasteiger charge is -2.03. The molecule has 116 valence electrons. The van der Waals surface area contributed by atoms with Crippen LogP contribution in [0.1, 0.15) is 5.82 Å². The molecule has 0 saturated carbocycles. The van der Waals surface area contributed by atoms with E-state index in [0.29, 0.717) is 10.6 Å². The molecule has 3 aromatic rings. The van der Waals surface area contributed by atoms with Crippen molar-refractivity contribution in [3.8, 4) is 11.5 Å². The second kappa shape index (κ2) is 6.58. The van der Waals surface area contributed by atoms with Gasteiger partial charge in [-0.2, -0.15) is 4.98 Å². The van der Waals surface area contributed by atoms with Crippen molar-refractivity contribution in [1.29, 1.82) is 0 Å². The van der Waals surface area contributed by atoms with Gasteiger partial charge < -0.3 is 9.84 Å². The van der Waals surface area contributed by atoms with Gasteiger partial charge >= 0.3 is 0 Å². The monoisotopic (exact) mass is 331 g/mol. The van der Waals surface area contributed by atoms with Crippen LogP contribution in [-0.2, 0) is 11.2 Å². The molecular weight excluding hydrogens is 321 g/mol. The van der Waals surface area contributed by atoms with E-state index >= 15 is 0 Å². The summed E-state index contributed by atoms with van der Waals surface area (Å²) in [7, 11) is 0. The highest BCUT2D eigenvalue weighted by molar-refractivity contribution is 6.33. The van der Waals surface area contributed by atoms with E-state index in [1.165, 1.54) is 12.1 Å². The SMILES string of the molecule is O=C(Cc1noc(-c2ccccc2Cl)n1)Nc1ccccc1F. The van der Waals surface area contributed by atoms with Crippen molar-refractivity contribution >= 4 is 23.2 Å². The van der Waals surface area contributed by atoms with Crippen LogP contribution >= 0.6 is 11.6 Å². The molecule has 1 N–H and O–H groups in total. The Balaban J connectivity index is 1.71. The van der Waals surface area contributed by atoms with Gasteiger partial charge in [-0.15, -0.1) is 0 Å². The van der Waals surface area contributed by atoms with E-state index in [2.05, 4.69) is 15.5 Å².